The number of hydrogen-bond donors (Lipinski definition) is 1. The highest BCUT2D eigenvalue weighted by Gasteiger charge is 2.18. The summed E-state index contributed by atoms with van der Waals surface area (Å²) in [6.45, 7) is 4.67. The number of nitrogens with one attached hydrogen (secondary N) is 1. The van der Waals surface area contributed by atoms with Crippen LogP contribution >= 0.6 is 0 Å². The molecule has 3 heteroatoms. The van der Waals surface area contributed by atoms with Crippen LogP contribution in [0.15, 0.2) is 24.3 Å². The monoisotopic (exact) mass is 277 g/mol. The summed E-state index contributed by atoms with van der Waals surface area (Å²) in [6.07, 6.45) is 5.51. The van der Waals surface area contributed by atoms with Crippen molar-refractivity contribution in [2.24, 2.45) is 11.8 Å². The molecule has 0 spiro atoms. The Morgan fingerprint density at radius 1 is 1.25 bits per heavy atom. The van der Waals surface area contributed by atoms with Gasteiger partial charge in [0.1, 0.15) is 12.4 Å². The lowest BCUT2D eigenvalue weighted by Gasteiger charge is -2.27. The average Bonchev–Trinajstić information content (AvgIpc) is 2.46. The number of benzene rings is 1. The SMILES string of the molecule is COCCOc1cccc(NCC2CCCC(C)C2)c1. The van der Waals surface area contributed by atoms with Crippen LogP contribution in [-0.4, -0.2) is 26.9 Å². The highest BCUT2D eigenvalue weighted by Crippen LogP contribution is 2.29. The van der Waals surface area contributed by atoms with Gasteiger partial charge in [0.25, 0.3) is 0 Å². The quantitative estimate of drug-likeness (QED) is 0.765. The first-order chi connectivity index (χ1) is 9.78. The molecule has 1 aliphatic carbocycles. The maximum Gasteiger partial charge on any atom is 0.121 e. The van der Waals surface area contributed by atoms with E-state index in [1.807, 2.05) is 12.1 Å². The molecule has 0 heterocycles. The summed E-state index contributed by atoms with van der Waals surface area (Å²) in [5.41, 5.74) is 1.15. The van der Waals surface area contributed by atoms with Gasteiger partial charge in [-0.25, -0.2) is 0 Å². The van der Waals surface area contributed by atoms with Crippen LogP contribution in [0.4, 0.5) is 5.69 Å². The molecule has 2 rings (SSSR count). The second kappa shape index (κ2) is 8.15. The fraction of sp³-hybridized carbons (Fsp3) is 0.647. The van der Waals surface area contributed by atoms with Crippen LogP contribution in [0.5, 0.6) is 5.75 Å². The van der Waals surface area contributed by atoms with E-state index >= 15 is 0 Å². The first-order valence-corrected chi connectivity index (χ1v) is 7.73. The molecule has 1 saturated carbocycles. The Bertz CT molecular complexity index is 394. The van der Waals surface area contributed by atoms with Crippen LogP contribution in [0.3, 0.4) is 0 Å². The Kier molecular flexibility index (Phi) is 6.19. The van der Waals surface area contributed by atoms with E-state index in [2.05, 4.69) is 24.4 Å². The molecule has 2 atom stereocenters. The van der Waals surface area contributed by atoms with Gasteiger partial charge in [-0.05, 0) is 36.8 Å². The van der Waals surface area contributed by atoms with E-state index in [4.69, 9.17) is 9.47 Å². The maximum atomic E-state index is 5.63. The number of anilines is 1. The first-order valence-electron chi connectivity index (χ1n) is 7.73. The molecule has 0 aromatic heterocycles. The summed E-state index contributed by atoms with van der Waals surface area (Å²) in [6, 6.07) is 8.20. The molecule has 0 aliphatic heterocycles. The Morgan fingerprint density at radius 3 is 2.95 bits per heavy atom. The van der Waals surface area contributed by atoms with Gasteiger partial charge in [-0.2, -0.15) is 0 Å². The fourth-order valence-corrected chi connectivity index (χ4v) is 2.95. The lowest BCUT2D eigenvalue weighted by Crippen LogP contribution is -2.21. The third kappa shape index (κ3) is 5.04. The van der Waals surface area contributed by atoms with Gasteiger partial charge in [-0.3, -0.25) is 0 Å². The van der Waals surface area contributed by atoms with Crippen molar-refractivity contribution in [3.8, 4) is 5.75 Å². The van der Waals surface area contributed by atoms with Crippen molar-refractivity contribution in [1.82, 2.24) is 0 Å². The van der Waals surface area contributed by atoms with E-state index in [-0.39, 0.29) is 0 Å². The third-order valence-corrected chi connectivity index (χ3v) is 4.03. The van der Waals surface area contributed by atoms with Crippen molar-refractivity contribution < 1.29 is 9.47 Å². The molecule has 1 aliphatic rings. The normalized spacial score (nSPS) is 22.5. The van der Waals surface area contributed by atoms with Crippen molar-refractivity contribution in [2.75, 3.05) is 32.2 Å². The minimum absolute atomic E-state index is 0.597. The number of methoxy groups -OCH3 is 1. The summed E-state index contributed by atoms with van der Waals surface area (Å²) in [5, 5.41) is 3.55. The zero-order valence-corrected chi connectivity index (χ0v) is 12.7. The van der Waals surface area contributed by atoms with Crippen LogP contribution in [0.1, 0.15) is 32.6 Å². The molecular formula is C17H27NO2. The second-order valence-corrected chi connectivity index (χ2v) is 5.89. The molecule has 0 radical (unpaired) electrons. The maximum absolute atomic E-state index is 5.63. The lowest BCUT2D eigenvalue weighted by molar-refractivity contribution is 0.146. The Labute approximate surface area is 122 Å². The Balaban J connectivity index is 1.78. The van der Waals surface area contributed by atoms with E-state index in [1.165, 1.54) is 25.7 Å². The van der Waals surface area contributed by atoms with Gasteiger partial charge in [-0.1, -0.05) is 25.8 Å². The molecule has 3 nitrogen and oxygen atoms in total. The van der Waals surface area contributed by atoms with Crippen LogP contribution in [0.2, 0.25) is 0 Å². The number of rotatable bonds is 7. The van der Waals surface area contributed by atoms with E-state index in [1.54, 1.807) is 7.11 Å². The molecule has 0 saturated heterocycles. The van der Waals surface area contributed by atoms with Gasteiger partial charge in [0.05, 0.1) is 6.61 Å². The molecule has 0 amide bonds. The van der Waals surface area contributed by atoms with Gasteiger partial charge in [-0.15, -0.1) is 0 Å². The Hall–Kier alpha value is -1.22. The highest BCUT2D eigenvalue weighted by molar-refractivity contribution is 5.48. The van der Waals surface area contributed by atoms with Gasteiger partial charge >= 0.3 is 0 Å². The van der Waals surface area contributed by atoms with Gasteiger partial charge < -0.3 is 14.8 Å². The first kappa shape index (κ1) is 15.2. The van der Waals surface area contributed by atoms with Crippen molar-refractivity contribution >= 4 is 5.69 Å². The predicted octanol–water partition coefficient (Wildman–Crippen LogP) is 3.95. The van der Waals surface area contributed by atoms with E-state index in [0.29, 0.717) is 13.2 Å². The van der Waals surface area contributed by atoms with Crippen molar-refractivity contribution in [1.29, 1.82) is 0 Å². The average molecular weight is 277 g/mol. The fourth-order valence-electron chi connectivity index (χ4n) is 2.95. The summed E-state index contributed by atoms with van der Waals surface area (Å²) in [7, 11) is 1.69. The van der Waals surface area contributed by atoms with E-state index in [9.17, 15) is 0 Å². The second-order valence-electron chi connectivity index (χ2n) is 5.89. The molecule has 20 heavy (non-hydrogen) atoms. The molecule has 0 bridgehead atoms. The predicted molar refractivity (Wildman–Crippen MR) is 83.4 cm³/mol. The van der Waals surface area contributed by atoms with Crippen molar-refractivity contribution in [3.63, 3.8) is 0 Å². The van der Waals surface area contributed by atoms with Crippen LogP contribution in [-0.2, 0) is 4.74 Å². The molecule has 1 aromatic carbocycles. The lowest BCUT2D eigenvalue weighted by atomic mass is 9.82. The van der Waals surface area contributed by atoms with Crippen LogP contribution in [0.25, 0.3) is 0 Å². The van der Waals surface area contributed by atoms with E-state index in [0.717, 1.165) is 29.8 Å². The largest absolute Gasteiger partial charge is 0.491 e. The molecule has 1 fully saturated rings. The number of hydrogen-bond acceptors (Lipinski definition) is 3. The number of ether oxygens (including phenoxy) is 2. The standard InChI is InChI=1S/C17H27NO2/c1-14-5-3-6-15(11-14)13-18-16-7-4-8-17(12-16)20-10-9-19-2/h4,7-8,12,14-15,18H,3,5-6,9-11,13H2,1-2H3. The summed E-state index contributed by atoms with van der Waals surface area (Å²) >= 11 is 0. The molecule has 1 aromatic rings. The van der Waals surface area contributed by atoms with Crippen LogP contribution < -0.4 is 10.1 Å². The van der Waals surface area contributed by atoms with Gasteiger partial charge in [0.2, 0.25) is 0 Å². The van der Waals surface area contributed by atoms with Gasteiger partial charge in [0.15, 0.2) is 0 Å². The smallest absolute Gasteiger partial charge is 0.121 e. The highest BCUT2D eigenvalue weighted by atomic mass is 16.5. The molecule has 1 N–H and O–H groups in total. The van der Waals surface area contributed by atoms with Crippen molar-refractivity contribution in [2.45, 2.75) is 32.6 Å². The zero-order chi connectivity index (χ0) is 14.2. The van der Waals surface area contributed by atoms with E-state index < -0.39 is 0 Å². The third-order valence-electron chi connectivity index (χ3n) is 4.03. The topological polar surface area (TPSA) is 30.5 Å². The zero-order valence-electron chi connectivity index (χ0n) is 12.7. The van der Waals surface area contributed by atoms with Crippen LogP contribution in [0, 0.1) is 11.8 Å². The minimum atomic E-state index is 0.597. The molecular weight excluding hydrogens is 250 g/mol. The van der Waals surface area contributed by atoms with Crippen molar-refractivity contribution in [3.05, 3.63) is 24.3 Å². The summed E-state index contributed by atoms with van der Waals surface area (Å²) < 4.78 is 10.6. The molecule has 2 unspecified atom stereocenters. The minimum Gasteiger partial charge on any atom is -0.491 e. The molecule has 112 valence electrons. The Morgan fingerprint density at radius 2 is 2.15 bits per heavy atom. The van der Waals surface area contributed by atoms with Gasteiger partial charge in [0, 0.05) is 25.4 Å². The summed E-state index contributed by atoms with van der Waals surface area (Å²) in [4.78, 5) is 0. The summed E-state index contributed by atoms with van der Waals surface area (Å²) in [5.74, 6) is 2.61.